The van der Waals surface area contributed by atoms with E-state index in [1.165, 1.54) is 0 Å². The quantitative estimate of drug-likeness (QED) is 0.876. The predicted molar refractivity (Wildman–Crippen MR) is 77.7 cm³/mol. The number of pyridine rings is 1. The second kappa shape index (κ2) is 5.52. The Labute approximate surface area is 122 Å². The van der Waals surface area contributed by atoms with Crippen LogP contribution in [0.25, 0.3) is 10.9 Å². The Morgan fingerprint density at radius 3 is 2.71 bits per heavy atom. The van der Waals surface area contributed by atoms with Gasteiger partial charge < -0.3 is 10.4 Å². The average Bonchev–Trinajstić information content (AvgIpc) is 3.31. The van der Waals surface area contributed by atoms with E-state index in [0.717, 1.165) is 23.7 Å². The van der Waals surface area contributed by atoms with Crippen molar-refractivity contribution in [3.8, 4) is 0 Å². The number of carboxylic acid groups (broad SMARTS) is 1. The number of amides is 1. The highest BCUT2D eigenvalue weighted by Crippen LogP contribution is 2.29. The normalized spacial score (nSPS) is 15.6. The number of rotatable bonds is 5. The van der Waals surface area contributed by atoms with Crippen molar-refractivity contribution in [1.82, 2.24) is 10.3 Å². The molecular formula is C16H16N2O3. The molecule has 1 aliphatic carbocycles. The summed E-state index contributed by atoms with van der Waals surface area (Å²) in [5.74, 6) is -1.20. The van der Waals surface area contributed by atoms with Crippen LogP contribution in [0.4, 0.5) is 0 Å². The van der Waals surface area contributed by atoms with Crippen LogP contribution in [0.15, 0.2) is 36.4 Å². The molecule has 3 rings (SSSR count). The maximum atomic E-state index is 11.7. The second-order valence-corrected chi connectivity index (χ2v) is 5.37. The lowest BCUT2D eigenvalue weighted by atomic mass is 10.1. The summed E-state index contributed by atoms with van der Waals surface area (Å²) in [6, 6.07) is 10.5. The molecule has 1 aromatic heterocycles. The molecule has 2 aromatic rings. The van der Waals surface area contributed by atoms with E-state index in [1.54, 1.807) is 0 Å². The fourth-order valence-electron chi connectivity index (χ4n) is 2.27. The summed E-state index contributed by atoms with van der Waals surface area (Å²) in [5, 5.41) is 12.9. The Kier molecular flexibility index (Phi) is 3.56. The van der Waals surface area contributed by atoms with Crippen LogP contribution in [0.1, 0.15) is 18.5 Å². The lowest BCUT2D eigenvalue weighted by Gasteiger charge is -2.14. The molecule has 0 radical (unpaired) electrons. The van der Waals surface area contributed by atoms with Gasteiger partial charge in [-0.25, -0.2) is 4.79 Å². The minimum absolute atomic E-state index is 0.00332. The zero-order valence-electron chi connectivity index (χ0n) is 11.5. The van der Waals surface area contributed by atoms with E-state index in [0.29, 0.717) is 5.69 Å². The van der Waals surface area contributed by atoms with E-state index < -0.39 is 12.0 Å². The Bertz CT molecular complexity index is 695. The molecule has 1 saturated carbocycles. The van der Waals surface area contributed by atoms with E-state index >= 15 is 0 Å². The smallest absolute Gasteiger partial charge is 0.326 e. The van der Waals surface area contributed by atoms with Gasteiger partial charge in [0.15, 0.2) is 0 Å². The Morgan fingerprint density at radius 1 is 1.24 bits per heavy atom. The number of benzene rings is 1. The van der Waals surface area contributed by atoms with E-state index in [-0.39, 0.29) is 18.2 Å². The third-order valence-electron chi connectivity index (χ3n) is 3.63. The Morgan fingerprint density at radius 2 is 2.00 bits per heavy atom. The molecule has 5 heteroatoms. The number of fused-ring (bicyclic) bond motifs is 1. The molecule has 1 aliphatic rings. The molecule has 0 saturated heterocycles. The van der Waals surface area contributed by atoms with E-state index in [2.05, 4.69) is 10.3 Å². The number of nitrogens with one attached hydrogen (secondary N) is 1. The van der Waals surface area contributed by atoms with Crippen LogP contribution in [-0.4, -0.2) is 28.0 Å². The molecule has 1 amide bonds. The van der Waals surface area contributed by atoms with Crippen molar-refractivity contribution in [2.24, 2.45) is 5.92 Å². The van der Waals surface area contributed by atoms with Crippen LogP contribution < -0.4 is 5.32 Å². The monoisotopic (exact) mass is 284 g/mol. The SMILES string of the molecule is O=C(N[C@@H](Cc1ccc2ccccc2n1)C(=O)O)C1CC1. The van der Waals surface area contributed by atoms with Crippen LogP contribution >= 0.6 is 0 Å². The van der Waals surface area contributed by atoms with Crippen molar-refractivity contribution in [1.29, 1.82) is 0 Å². The molecule has 5 nitrogen and oxygen atoms in total. The van der Waals surface area contributed by atoms with Crippen molar-refractivity contribution in [2.75, 3.05) is 0 Å². The number of nitrogens with zero attached hydrogens (tertiary/aromatic N) is 1. The number of carbonyl (C=O) groups is 2. The number of hydrogen-bond donors (Lipinski definition) is 2. The highest BCUT2D eigenvalue weighted by Gasteiger charge is 2.32. The van der Waals surface area contributed by atoms with Gasteiger partial charge in [0.1, 0.15) is 6.04 Å². The molecule has 1 atom stereocenters. The second-order valence-electron chi connectivity index (χ2n) is 5.37. The molecule has 1 heterocycles. The lowest BCUT2D eigenvalue weighted by Crippen LogP contribution is -2.43. The molecule has 0 aliphatic heterocycles. The predicted octanol–water partition coefficient (Wildman–Crippen LogP) is 1.76. The fraction of sp³-hybridized carbons (Fsp3) is 0.312. The molecule has 0 bridgehead atoms. The molecular weight excluding hydrogens is 268 g/mol. The van der Waals surface area contributed by atoms with Gasteiger partial charge in [0, 0.05) is 23.4 Å². The largest absolute Gasteiger partial charge is 0.480 e. The maximum Gasteiger partial charge on any atom is 0.326 e. The van der Waals surface area contributed by atoms with Crippen molar-refractivity contribution in [2.45, 2.75) is 25.3 Å². The minimum Gasteiger partial charge on any atom is -0.480 e. The summed E-state index contributed by atoms with van der Waals surface area (Å²) in [6.45, 7) is 0. The highest BCUT2D eigenvalue weighted by atomic mass is 16.4. The first-order valence-electron chi connectivity index (χ1n) is 7.01. The van der Waals surface area contributed by atoms with E-state index in [4.69, 9.17) is 0 Å². The first-order valence-corrected chi connectivity index (χ1v) is 7.01. The number of hydrogen-bond acceptors (Lipinski definition) is 3. The summed E-state index contributed by atoms with van der Waals surface area (Å²) >= 11 is 0. The summed E-state index contributed by atoms with van der Waals surface area (Å²) in [6.07, 6.45) is 1.90. The van der Waals surface area contributed by atoms with Crippen molar-refractivity contribution < 1.29 is 14.7 Å². The average molecular weight is 284 g/mol. The van der Waals surface area contributed by atoms with Crippen LogP contribution in [-0.2, 0) is 16.0 Å². The number of carboxylic acids is 1. The first kappa shape index (κ1) is 13.5. The number of aromatic nitrogens is 1. The molecule has 0 unspecified atom stereocenters. The first-order chi connectivity index (χ1) is 10.1. The molecule has 21 heavy (non-hydrogen) atoms. The third-order valence-corrected chi connectivity index (χ3v) is 3.63. The van der Waals surface area contributed by atoms with Gasteiger partial charge in [0.25, 0.3) is 0 Å². The molecule has 1 aromatic carbocycles. The van der Waals surface area contributed by atoms with Gasteiger partial charge in [0.2, 0.25) is 5.91 Å². The molecule has 1 fully saturated rings. The van der Waals surface area contributed by atoms with Crippen LogP contribution in [0.2, 0.25) is 0 Å². The topological polar surface area (TPSA) is 79.3 Å². The van der Waals surface area contributed by atoms with E-state index in [1.807, 2.05) is 36.4 Å². The van der Waals surface area contributed by atoms with Crippen molar-refractivity contribution >= 4 is 22.8 Å². The Hall–Kier alpha value is -2.43. The summed E-state index contributed by atoms with van der Waals surface area (Å²) < 4.78 is 0. The zero-order valence-corrected chi connectivity index (χ0v) is 11.5. The van der Waals surface area contributed by atoms with E-state index in [9.17, 15) is 14.7 Å². The summed E-state index contributed by atoms with van der Waals surface area (Å²) in [7, 11) is 0. The van der Waals surface area contributed by atoms with Crippen LogP contribution in [0.3, 0.4) is 0 Å². The standard InChI is InChI=1S/C16H16N2O3/c19-15(11-5-6-11)18-14(16(20)21)9-12-8-7-10-3-1-2-4-13(10)17-12/h1-4,7-8,11,14H,5-6,9H2,(H,18,19)(H,20,21)/t14-/m0/s1. The van der Waals surface area contributed by atoms with Crippen molar-refractivity contribution in [3.05, 3.63) is 42.1 Å². The van der Waals surface area contributed by atoms with Gasteiger partial charge in [-0.3, -0.25) is 9.78 Å². The fourth-order valence-corrected chi connectivity index (χ4v) is 2.27. The summed E-state index contributed by atoms with van der Waals surface area (Å²) in [4.78, 5) is 27.5. The molecule has 108 valence electrons. The van der Waals surface area contributed by atoms with Gasteiger partial charge in [-0.1, -0.05) is 24.3 Å². The van der Waals surface area contributed by atoms with Gasteiger partial charge >= 0.3 is 5.97 Å². The van der Waals surface area contributed by atoms with Crippen LogP contribution in [0, 0.1) is 5.92 Å². The highest BCUT2D eigenvalue weighted by molar-refractivity contribution is 5.86. The van der Waals surface area contributed by atoms with Gasteiger partial charge in [-0.15, -0.1) is 0 Å². The van der Waals surface area contributed by atoms with Gasteiger partial charge in [-0.05, 0) is 25.0 Å². The van der Waals surface area contributed by atoms with Gasteiger partial charge in [0.05, 0.1) is 5.52 Å². The van der Waals surface area contributed by atoms with Crippen LogP contribution in [0.5, 0.6) is 0 Å². The van der Waals surface area contributed by atoms with Gasteiger partial charge in [-0.2, -0.15) is 0 Å². The maximum absolute atomic E-state index is 11.7. The lowest BCUT2D eigenvalue weighted by molar-refractivity contribution is -0.142. The number of aliphatic carboxylic acids is 1. The minimum atomic E-state index is -1.03. The molecule has 2 N–H and O–H groups in total. The zero-order chi connectivity index (χ0) is 14.8. The molecule has 0 spiro atoms. The number of carbonyl (C=O) groups excluding carboxylic acids is 1. The third kappa shape index (κ3) is 3.18. The summed E-state index contributed by atoms with van der Waals surface area (Å²) in [5.41, 5.74) is 1.49. The number of para-hydroxylation sites is 1. The Balaban J connectivity index is 1.76. The van der Waals surface area contributed by atoms with Crippen molar-refractivity contribution in [3.63, 3.8) is 0 Å².